The number of hydrogen-bond donors (Lipinski definition) is 1. The van der Waals surface area contributed by atoms with Gasteiger partial charge in [-0.05, 0) is 42.8 Å². The highest BCUT2D eigenvalue weighted by Gasteiger charge is 2.12. The molecule has 0 saturated heterocycles. The van der Waals surface area contributed by atoms with Crippen LogP contribution in [0.3, 0.4) is 0 Å². The molecule has 2 aromatic carbocycles. The Kier molecular flexibility index (Phi) is 5.27. The summed E-state index contributed by atoms with van der Waals surface area (Å²) in [6.45, 7) is 1.73. The second-order valence-electron chi connectivity index (χ2n) is 4.49. The van der Waals surface area contributed by atoms with Gasteiger partial charge in [0.05, 0.1) is 18.4 Å². The number of rotatable bonds is 4. The van der Waals surface area contributed by atoms with Gasteiger partial charge in [-0.25, -0.2) is 9.82 Å². The third kappa shape index (κ3) is 3.92. The van der Waals surface area contributed by atoms with Crippen molar-refractivity contribution in [1.82, 2.24) is 5.43 Å². The van der Waals surface area contributed by atoms with E-state index in [4.69, 9.17) is 4.74 Å². The highest BCUT2D eigenvalue weighted by Crippen LogP contribution is 2.23. The molecule has 0 spiro atoms. The maximum Gasteiger partial charge on any atom is 0.275 e. The van der Waals surface area contributed by atoms with E-state index in [0.717, 1.165) is 10.0 Å². The van der Waals surface area contributed by atoms with Crippen LogP contribution in [0.4, 0.5) is 4.39 Å². The Bertz CT molecular complexity index is 715. The fourth-order valence-electron chi connectivity index (χ4n) is 1.80. The topological polar surface area (TPSA) is 50.7 Å². The van der Waals surface area contributed by atoms with Crippen molar-refractivity contribution >= 4 is 27.5 Å². The normalized spacial score (nSPS) is 11.2. The molecule has 0 radical (unpaired) electrons. The van der Waals surface area contributed by atoms with Crippen LogP contribution in [0, 0.1) is 5.82 Å². The molecule has 4 nitrogen and oxygen atoms in total. The van der Waals surface area contributed by atoms with Gasteiger partial charge in [-0.3, -0.25) is 4.79 Å². The zero-order valence-electron chi connectivity index (χ0n) is 12.1. The monoisotopic (exact) mass is 364 g/mol. The zero-order chi connectivity index (χ0) is 16.1. The first-order valence-corrected chi connectivity index (χ1v) is 7.24. The lowest BCUT2D eigenvalue weighted by atomic mass is 10.1. The van der Waals surface area contributed by atoms with Crippen LogP contribution in [-0.2, 0) is 0 Å². The standard InChI is InChI=1S/C16H14BrFN2O2/c1-10(11-3-6-13(18)7-4-11)19-20-16(21)14-8-5-12(17)9-15(14)22-2/h3-9H,1-2H3,(H,20,21)/b19-10+. The summed E-state index contributed by atoms with van der Waals surface area (Å²) in [4.78, 5) is 12.2. The van der Waals surface area contributed by atoms with Crippen LogP contribution in [-0.4, -0.2) is 18.7 Å². The van der Waals surface area contributed by atoms with Crippen molar-refractivity contribution in [3.63, 3.8) is 0 Å². The molecule has 6 heteroatoms. The average molecular weight is 365 g/mol. The Morgan fingerprint density at radius 3 is 2.55 bits per heavy atom. The van der Waals surface area contributed by atoms with Crippen LogP contribution >= 0.6 is 15.9 Å². The highest BCUT2D eigenvalue weighted by atomic mass is 79.9. The fourth-order valence-corrected chi connectivity index (χ4v) is 2.14. The fraction of sp³-hybridized carbons (Fsp3) is 0.125. The predicted molar refractivity (Wildman–Crippen MR) is 86.8 cm³/mol. The first-order chi connectivity index (χ1) is 10.5. The molecule has 2 rings (SSSR count). The SMILES string of the molecule is COc1cc(Br)ccc1C(=O)N/N=C(\C)c1ccc(F)cc1. The molecule has 0 aromatic heterocycles. The summed E-state index contributed by atoms with van der Waals surface area (Å²) in [5.74, 6) is -0.257. The van der Waals surface area contributed by atoms with E-state index in [-0.39, 0.29) is 11.7 Å². The van der Waals surface area contributed by atoms with E-state index in [2.05, 4.69) is 26.5 Å². The minimum atomic E-state index is -0.384. The average Bonchev–Trinajstić information content (AvgIpc) is 2.52. The third-order valence-corrected chi connectivity index (χ3v) is 3.49. The van der Waals surface area contributed by atoms with Gasteiger partial charge in [-0.2, -0.15) is 5.10 Å². The number of carbonyl (C=O) groups is 1. The predicted octanol–water partition coefficient (Wildman–Crippen LogP) is 3.75. The lowest BCUT2D eigenvalue weighted by Gasteiger charge is -2.08. The minimum Gasteiger partial charge on any atom is -0.496 e. The second kappa shape index (κ2) is 7.17. The number of carbonyl (C=O) groups excluding carboxylic acids is 1. The van der Waals surface area contributed by atoms with Crippen LogP contribution < -0.4 is 10.2 Å². The number of nitrogens with zero attached hydrogens (tertiary/aromatic N) is 1. The Labute approximate surface area is 136 Å². The molecule has 0 fully saturated rings. The number of ether oxygens (including phenoxy) is 1. The van der Waals surface area contributed by atoms with Gasteiger partial charge in [0.25, 0.3) is 5.91 Å². The molecule has 2 aromatic rings. The van der Waals surface area contributed by atoms with Crippen LogP contribution in [0.5, 0.6) is 5.75 Å². The minimum absolute atomic E-state index is 0.319. The number of amides is 1. The Hall–Kier alpha value is -2.21. The van der Waals surface area contributed by atoms with Gasteiger partial charge in [-0.15, -0.1) is 0 Å². The van der Waals surface area contributed by atoms with E-state index in [1.807, 2.05) is 0 Å². The summed E-state index contributed by atoms with van der Waals surface area (Å²) < 4.78 is 18.9. The number of methoxy groups -OCH3 is 1. The summed E-state index contributed by atoms with van der Waals surface area (Å²) in [5.41, 5.74) is 4.14. The molecule has 0 aliphatic rings. The molecule has 0 aliphatic heterocycles. The van der Waals surface area contributed by atoms with Crippen LogP contribution in [0.1, 0.15) is 22.8 Å². The van der Waals surface area contributed by atoms with Crippen molar-refractivity contribution < 1.29 is 13.9 Å². The highest BCUT2D eigenvalue weighted by molar-refractivity contribution is 9.10. The summed E-state index contributed by atoms with van der Waals surface area (Å²) in [6.07, 6.45) is 0. The van der Waals surface area contributed by atoms with Gasteiger partial charge >= 0.3 is 0 Å². The molecule has 1 N–H and O–H groups in total. The second-order valence-corrected chi connectivity index (χ2v) is 5.41. The van der Waals surface area contributed by atoms with Crippen LogP contribution in [0.15, 0.2) is 52.0 Å². The zero-order valence-corrected chi connectivity index (χ0v) is 13.6. The van der Waals surface area contributed by atoms with Crippen molar-refractivity contribution in [2.24, 2.45) is 5.10 Å². The van der Waals surface area contributed by atoms with Crippen LogP contribution in [0.25, 0.3) is 0 Å². The largest absolute Gasteiger partial charge is 0.496 e. The molecule has 0 unspecified atom stereocenters. The molecular weight excluding hydrogens is 351 g/mol. The molecule has 1 amide bonds. The van der Waals surface area contributed by atoms with Gasteiger partial charge in [-0.1, -0.05) is 28.1 Å². The van der Waals surface area contributed by atoms with Crippen molar-refractivity contribution in [1.29, 1.82) is 0 Å². The van der Waals surface area contributed by atoms with Gasteiger partial charge in [0.15, 0.2) is 0 Å². The maximum atomic E-state index is 12.9. The maximum absolute atomic E-state index is 12.9. The van der Waals surface area contributed by atoms with Crippen molar-refractivity contribution in [3.8, 4) is 5.75 Å². The molecule has 0 bridgehead atoms. The summed E-state index contributed by atoms with van der Waals surface area (Å²) in [6, 6.07) is 11.0. The third-order valence-electron chi connectivity index (χ3n) is 3.00. The lowest BCUT2D eigenvalue weighted by molar-refractivity contribution is 0.0952. The smallest absolute Gasteiger partial charge is 0.275 e. The van der Waals surface area contributed by atoms with E-state index >= 15 is 0 Å². The van der Waals surface area contributed by atoms with Crippen molar-refractivity contribution in [2.45, 2.75) is 6.92 Å². The Morgan fingerprint density at radius 2 is 1.91 bits per heavy atom. The van der Waals surface area contributed by atoms with Crippen molar-refractivity contribution in [2.75, 3.05) is 7.11 Å². The number of nitrogens with one attached hydrogen (secondary N) is 1. The summed E-state index contributed by atoms with van der Waals surface area (Å²) >= 11 is 3.31. The molecule has 114 valence electrons. The number of hydrogen-bond acceptors (Lipinski definition) is 3. The molecule has 0 atom stereocenters. The first kappa shape index (κ1) is 16.2. The number of benzene rings is 2. The van der Waals surface area contributed by atoms with E-state index in [1.54, 1.807) is 37.3 Å². The Morgan fingerprint density at radius 1 is 1.23 bits per heavy atom. The lowest BCUT2D eigenvalue weighted by Crippen LogP contribution is -2.20. The van der Waals surface area contributed by atoms with E-state index in [0.29, 0.717) is 17.0 Å². The van der Waals surface area contributed by atoms with Gasteiger partial charge < -0.3 is 4.74 Å². The summed E-state index contributed by atoms with van der Waals surface area (Å²) in [7, 11) is 1.49. The number of halogens is 2. The quantitative estimate of drug-likeness (QED) is 0.663. The molecular formula is C16H14BrFN2O2. The molecule has 0 aliphatic carbocycles. The molecule has 22 heavy (non-hydrogen) atoms. The van der Waals surface area contributed by atoms with Gasteiger partial charge in [0, 0.05) is 4.47 Å². The van der Waals surface area contributed by atoms with Crippen LogP contribution in [0.2, 0.25) is 0 Å². The first-order valence-electron chi connectivity index (χ1n) is 6.45. The summed E-state index contributed by atoms with van der Waals surface area (Å²) in [5, 5.41) is 4.03. The van der Waals surface area contributed by atoms with Gasteiger partial charge in [0.2, 0.25) is 0 Å². The van der Waals surface area contributed by atoms with Crippen molar-refractivity contribution in [3.05, 3.63) is 63.9 Å². The Balaban J connectivity index is 2.15. The molecule has 0 heterocycles. The van der Waals surface area contributed by atoms with E-state index < -0.39 is 0 Å². The number of hydrazone groups is 1. The van der Waals surface area contributed by atoms with Gasteiger partial charge in [0.1, 0.15) is 11.6 Å². The van der Waals surface area contributed by atoms with E-state index in [9.17, 15) is 9.18 Å². The molecule has 0 saturated carbocycles. The van der Waals surface area contributed by atoms with E-state index in [1.165, 1.54) is 19.2 Å².